The first kappa shape index (κ1) is 14.4. The molecule has 2 atom stereocenters. The molecule has 0 saturated carbocycles. The smallest absolute Gasteiger partial charge is 0.282 e. The van der Waals surface area contributed by atoms with Crippen LogP contribution < -0.4 is 10.6 Å². The largest absolute Gasteiger partial charge is 0.391 e. The summed E-state index contributed by atoms with van der Waals surface area (Å²) in [5.41, 5.74) is -0.774. The van der Waals surface area contributed by atoms with Crippen molar-refractivity contribution in [2.24, 2.45) is 5.92 Å². The van der Waals surface area contributed by atoms with Crippen molar-refractivity contribution < 1.29 is 19.2 Å². The molecule has 3 N–H and O–H groups in total. The Hall–Kier alpha value is -2.06. The Bertz CT molecular complexity index is 537. The maximum absolute atomic E-state index is 13.1. The number of halogens is 1. The molecule has 0 aliphatic carbocycles. The number of benzene rings is 1. The van der Waals surface area contributed by atoms with E-state index in [0.717, 1.165) is 18.2 Å². The number of nitro benzene ring substituents is 1. The number of carbonyl (C=O) groups excluding carboxylic acids is 1. The van der Waals surface area contributed by atoms with Crippen LogP contribution in [0.5, 0.6) is 0 Å². The summed E-state index contributed by atoms with van der Waals surface area (Å²) in [6.07, 6.45) is -0.571. The van der Waals surface area contributed by atoms with Crippen LogP contribution in [0.1, 0.15) is 10.4 Å². The number of hydrogen-bond acceptors (Lipinski definition) is 5. The van der Waals surface area contributed by atoms with Gasteiger partial charge in [0, 0.05) is 31.6 Å². The highest BCUT2D eigenvalue weighted by molar-refractivity contribution is 5.98. The molecule has 1 aromatic rings. The molecule has 1 aromatic carbocycles. The minimum absolute atomic E-state index is 0.161. The fraction of sp³-hybridized carbons (Fsp3) is 0.417. The molecule has 0 bridgehead atoms. The molecule has 1 saturated heterocycles. The number of rotatable bonds is 4. The van der Waals surface area contributed by atoms with Gasteiger partial charge in [-0.05, 0) is 12.1 Å². The molecule has 1 aliphatic rings. The van der Waals surface area contributed by atoms with Crippen molar-refractivity contribution in [3.05, 3.63) is 39.7 Å². The fourth-order valence-electron chi connectivity index (χ4n) is 2.10. The lowest BCUT2D eigenvalue weighted by Gasteiger charge is -2.14. The van der Waals surface area contributed by atoms with E-state index >= 15 is 0 Å². The summed E-state index contributed by atoms with van der Waals surface area (Å²) in [5, 5.41) is 25.8. The summed E-state index contributed by atoms with van der Waals surface area (Å²) < 4.78 is 13.1. The quantitative estimate of drug-likeness (QED) is 0.535. The molecule has 0 radical (unpaired) electrons. The zero-order chi connectivity index (χ0) is 14.7. The number of nitrogens with one attached hydrogen (secondary N) is 2. The summed E-state index contributed by atoms with van der Waals surface area (Å²) in [6.45, 7) is 1.16. The Balaban J connectivity index is 2.08. The lowest BCUT2D eigenvalue weighted by atomic mass is 10.1. The van der Waals surface area contributed by atoms with Crippen molar-refractivity contribution in [3.63, 3.8) is 0 Å². The van der Waals surface area contributed by atoms with Crippen molar-refractivity contribution in [2.45, 2.75) is 6.10 Å². The molecule has 1 aliphatic heterocycles. The molecule has 0 aromatic heterocycles. The summed E-state index contributed by atoms with van der Waals surface area (Å²) >= 11 is 0. The van der Waals surface area contributed by atoms with Gasteiger partial charge < -0.3 is 15.7 Å². The molecular weight excluding hydrogens is 269 g/mol. The van der Waals surface area contributed by atoms with Crippen molar-refractivity contribution >= 4 is 11.6 Å². The van der Waals surface area contributed by atoms with Crippen LogP contribution in [0.2, 0.25) is 0 Å². The van der Waals surface area contributed by atoms with Crippen molar-refractivity contribution in [1.29, 1.82) is 0 Å². The molecule has 108 valence electrons. The lowest BCUT2D eigenvalue weighted by molar-refractivity contribution is -0.385. The first-order valence-electron chi connectivity index (χ1n) is 6.10. The third kappa shape index (κ3) is 3.09. The Morgan fingerprint density at radius 3 is 2.90 bits per heavy atom. The maximum Gasteiger partial charge on any atom is 0.282 e. The van der Waals surface area contributed by atoms with Gasteiger partial charge >= 0.3 is 0 Å². The van der Waals surface area contributed by atoms with Crippen molar-refractivity contribution in [2.75, 3.05) is 19.6 Å². The summed E-state index contributed by atoms with van der Waals surface area (Å²) in [4.78, 5) is 22.0. The van der Waals surface area contributed by atoms with Gasteiger partial charge in [0.2, 0.25) is 0 Å². The van der Waals surface area contributed by atoms with E-state index in [2.05, 4.69) is 10.6 Å². The van der Waals surface area contributed by atoms with E-state index in [1.54, 1.807) is 0 Å². The topological polar surface area (TPSA) is 104 Å². The number of nitro groups is 1. The zero-order valence-electron chi connectivity index (χ0n) is 10.5. The van der Waals surface area contributed by atoms with Crippen LogP contribution in [-0.4, -0.2) is 41.7 Å². The van der Waals surface area contributed by atoms with Gasteiger partial charge in [0.05, 0.1) is 11.0 Å². The fourth-order valence-corrected chi connectivity index (χ4v) is 2.10. The molecule has 2 rings (SSSR count). The number of aliphatic hydroxyl groups is 1. The van der Waals surface area contributed by atoms with Crippen LogP contribution in [0.3, 0.4) is 0 Å². The molecule has 20 heavy (non-hydrogen) atoms. The highest BCUT2D eigenvalue weighted by Crippen LogP contribution is 2.19. The van der Waals surface area contributed by atoms with Gasteiger partial charge in [-0.15, -0.1) is 0 Å². The monoisotopic (exact) mass is 283 g/mol. The molecule has 7 nitrogen and oxygen atoms in total. The van der Waals surface area contributed by atoms with Gasteiger partial charge in [0.1, 0.15) is 11.4 Å². The second kappa shape index (κ2) is 5.93. The average molecular weight is 283 g/mol. The normalized spacial score (nSPS) is 21.7. The highest BCUT2D eigenvalue weighted by Gasteiger charge is 2.26. The lowest BCUT2D eigenvalue weighted by Crippen LogP contribution is -2.34. The molecule has 1 fully saturated rings. The molecule has 8 heteroatoms. The van der Waals surface area contributed by atoms with E-state index in [1.165, 1.54) is 0 Å². The van der Waals surface area contributed by atoms with Gasteiger partial charge in [-0.1, -0.05) is 0 Å². The summed E-state index contributed by atoms with van der Waals surface area (Å²) in [6, 6.07) is 2.71. The second-order valence-corrected chi connectivity index (χ2v) is 4.61. The van der Waals surface area contributed by atoms with Gasteiger partial charge in [-0.3, -0.25) is 14.9 Å². The number of carbonyl (C=O) groups is 1. The van der Waals surface area contributed by atoms with Crippen LogP contribution in [-0.2, 0) is 0 Å². The Morgan fingerprint density at radius 2 is 2.30 bits per heavy atom. The van der Waals surface area contributed by atoms with Gasteiger partial charge in [0.15, 0.2) is 0 Å². The van der Waals surface area contributed by atoms with Crippen molar-refractivity contribution in [1.82, 2.24) is 10.6 Å². The third-order valence-electron chi connectivity index (χ3n) is 3.23. The van der Waals surface area contributed by atoms with E-state index in [9.17, 15) is 24.4 Å². The molecule has 2 unspecified atom stereocenters. The predicted octanol–water partition coefficient (Wildman–Crippen LogP) is 0.0440. The second-order valence-electron chi connectivity index (χ2n) is 4.61. The van der Waals surface area contributed by atoms with E-state index in [4.69, 9.17) is 0 Å². The number of nitrogens with zero attached hydrogens (tertiary/aromatic N) is 1. The summed E-state index contributed by atoms with van der Waals surface area (Å²) in [7, 11) is 0. The molecule has 1 heterocycles. The van der Waals surface area contributed by atoms with E-state index in [-0.39, 0.29) is 18.0 Å². The predicted molar refractivity (Wildman–Crippen MR) is 67.8 cm³/mol. The van der Waals surface area contributed by atoms with Crippen LogP contribution >= 0.6 is 0 Å². The van der Waals surface area contributed by atoms with Crippen LogP contribution in [0.25, 0.3) is 0 Å². The standard InChI is InChI=1S/C12H14FN3O4/c13-8-1-2-10(16(19)20)9(3-8)12(18)15-5-7-4-14-6-11(7)17/h1-3,7,11,14,17H,4-6H2,(H,15,18). The minimum atomic E-state index is -0.736. The van der Waals surface area contributed by atoms with Crippen molar-refractivity contribution in [3.8, 4) is 0 Å². The first-order chi connectivity index (χ1) is 9.49. The van der Waals surface area contributed by atoms with E-state index in [0.29, 0.717) is 13.1 Å². The average Bonchev–Trinajstić information content (AvgIpc) is 2.81. The molecule has 0 spiro atoms. The van der Waals surface area contributed by atoms with E-state index in [1.807, 2.05) is 0 Å². The number of β-amino-alcohol motifs (C(OH)–C–C–N with tert-alkyl or cyclic N) is 1. The van der Waals surface area contributed by atoms with Crippen LogP contribution in [0.15, 0.2) is 18.2 Å². The Morgan fingerprint density at radius 1 is 1.55 bits per heavy atom. The van der Waals surface area contributed by atoms with Crippen LogP contribution in [0, 0.1) is 21.8 Å². The first-order valence-corrected chi connectivity index (χ1v) is 6.10. The molecule has 1 amide bonds. The number of hydrogen-bond donors (Lipinski definition) is 3. The third-order valence-corrected chi connectivity index (χ3v) is 3.23. The minimum Gasteiger partial charge on any atom is -0.391 e. The molecular formula is C12H14FN3O4. The SMILES string of the molecule is O=C(NCC1CNCC1O)c1cc(F)ccc1[N+](=O)[O-]. The Labute approximate surface area is 113 Å². The number of amides is 1. The van der Waals surface area contributed by atoms with Crippen LogP contribution in [0.4, 0.5) is 10.1 Å². The summed E-state index contributed by atoms with van der Waals surface area (Å²) in [5.74, 6) is -1.61. The Kier molecular flexibility index (Phi) is 4.26. The zero-order valence-corrected chi connectivity index (χ0v) is 10.5. The van der Waals surface area contributed by atoms with Gasteiger partial charge in [0.25, 0.3) is 11.6 Å². The maximum atomic E-state index is 13.1. The number of aliphatic hydroxyl groups excluding tert-OH is 1. The van der Waals surface area contributed by atoms with E-state index < -0.39 is 28.4 Å². The van der Waals surface area contributed by atoms with Gasteiger partial charge in [-0.2, -0.15) is 0 Å². The highest BCUT2D eigenvalue weighted by atomic mass is 19.1. The van der Waals surface area contributed by atoms with Gasteiger partial charge in [-0.25, -0.2) is 4.39 Å².